The summed E-state index contributed by atoms with van der Waals surface area (Å²) in [5, 5.41) is 9.70. The zero-order valence-corrected chi connectivity index (χ0v) is 8.42. The van der Waals surface area contributed by atoms with E-state index in [-0.39, 0.29) is 6.10 Å². The van der Waals surface area contributed by atoms with Gasteiger partial charge in [-0.25, -0.2) is 0 Å². The Kier molecular flexibility index (Phi) is 7.17. The summed E-state index contributed by atoms with van der Waals surface area (Å²) in [6.45, 7) is 7.95. The highest BCUT2D eigenvalue weighted by molar-refractivity contribution is 4.70. The summed E-state index contributed by atoms with van der Waals surface area (Å²) in [6, 6.07) is 0. The first-order valence-corrected chi connectivity index (χ1v) is 5.05. The van der Waals surface area contributed by atoms with Crippen LogP contribution in [0.5, 0.6) is 0 Å². The average molecular weight is 170 g/mol. The number of unbranched alkanes of at least 4 members (excludes halogenated alkanes) is 1. The van der Waals surface area contributed by atoms with E-state index < -0.39 is 0 Å². The molecule has 0 spiro atoms. The van der Waals surface area contributed by atoms with Crippen LogP contribution in [-0.4, -0.2) is 11.2 Å². The predicted molar refractivity (Wildman–Crippen MR) is 54.1 cm³/mol. The summed E-state index contributed by atoms with van der Waals surface area (Å²) >= 11 is 0. The number of rotatable bonds is 7. The molecular weight excluding hydrogens is 148 g/mol. The second-order valence-corrected chi connectivity index (χ2v) is 3.36. The molecule has 1 N–H and O–H groups in total. The number of hydrogen-bond donors (Lipinski definition) is 1. The van der Waals surface area contributed by atoms with E-state index in [0.29, 0.717) is 5.92 Å². The Morgan fingerprint density at radius 2 is 1.92 bits per heavy atom. The van der Waals surface area contributed by atoms with Gasteiger partial charge in [0.05, 0.1) is 6.10 Å². The molecule has 0 aliphatic carbocycles. The SMILES string of the molecule is C=CCCCC(O)C(CC)CC. The van der Waals surface area contributed by atoms with Crippen LogP contribution >= 0.6 is 0 Å². The van der Waals surface area contributed by atoms with Crippen LogP contribution in [0.25, 0.3) is 0 Å². The maximum Gasteiger partial charge on any atom is 0.0568 e. The van der Waals surface area contributed by atoms with Crippen molar-refractivity contribution in [3.63, 3.8) is 0 Å². The summed E-state index contributed by atoms with van der Waals surface area (Å²) < 4.78 is 0. The molecule has 0 aliphatic rings. The molecule has 1 atom stereocenters. The van der Waals surface area contributed by atoms with Crippen molar-refractivity contribution in [1.82, 2.24) is 0 Å². The molecule has 12 heavy (non-hydrogen) atoms. The lowest BCUT2D eigenvalue weighted by Crippen LogP contribution is -2.18. The second-order valence-electron chi connectivity index (χ2n) is 3.36. The van der Waals surface area contributed by atoms with Crippen molar-refractivity contribution in [1.29, 1.82) is 0 Å². The Hall–Kier alpha value is -0.300. The van der Waals surface area contributed by atoms with Gasteiger partial charge in [-0.15, -0.1) is 6.58 Å². The lowest BCUT2D eigenvalue weighted by atomic mass is 9.93. The minimum absolute atomic E-state index is 0.0973. The van der Waals surface area contributed by atoms with Gasteiger partial charge in [0.25, 0.3) is 0 Å². The fourth-order valence-corrected chi connectivity index (χ4v) is 1.54. The first kappa shape index (κ1) is 11.7. The minimum atomic E-state index is -0.0973. The van der Waals surface area contributed by atoms with Gasteiger partial charge in [-0.2, -0.15) is 0 Å². The fraction of sp³-hybridized carbons (Fsp3) is 0.818. The van der Waals surface area contributed by atoms with E-state index in [4.69, 9.17) is 0 Å². The lowest BCUT2D eigenvalue weighted by molar-refractivity contribution is 0.0924. The monoisotopic (exact) mass is 170 g/mol. The van der Waals surface area contributed by atoms with Crippen molar-refractivity contribution in [2.24, 2.45) is 5.92 Å². The van der Waals surface area contributed by atoms with Gasteiger partial charge >= 0.3 is 0 Å². The standard InChI is InChI=1S/C11H22O/c1-4-7-8-9-11(12)10(5-2)6-3/h4,10-12H,1,5-9H2,2-3H3. The molecule has 0 aliphatic heterocycles. The quantitative estimate of drug-likeness (QED) is 0.459. The normalized spacial score (nSPS) is 13.3. The average Bonchev–Trinajstić information content (AvgIpc) is 2.07. The first-order chi connectivity index (χ1) is 5.76. The van der Waals surface area contributed by atoms with E-state index in [1.54, 1.807) is 0 Å². The highest BCUT2D eigenvalue weighted by Gasteiger charge is 2.13. The lowest BCUT2D eigenvalue weighted by Gasteiger charge is -2.19. The largest absolute Gasteiger partial charge is 0.393 e. The van der Waals surface area contributed by atoms with Crippen LogP contribution in [0.4, 0.5) is 0 Å². The molecule has 0 heterocycles. The molecular formula is C11H22O. The molecule has 1 heteroatoms. The Bertz CT molecular complexity index is 106. The molecule has 0 aromatic rings. The van der Waals surface area contributed by atoms with Gasteiger partial charge < -0.3 is 5.11 Å². The van der Waals surface area contributed by atoms with Crippen LogP contribution < -0.4 is 0 Å². The second kappa shape index (κ2) is 7.35. The molecule has 0 saturated heterocycles. The molecule has 0 aromatic carbocycles. The van der Waals surface area contributed by atoms with E-state index in [2.05, 4.69) is 20.4 Å². The zero-order chi connectivity index (χ0) is 9.40. The molecule has 1 nitrogen and oxygen atoms in total. The van der Waals surface area contributed by atoms with Crippen LogP contribution in [-0.2, 0) is 0 Å². The van der Waals surface area contributed by atoms with E-state index in [9.17, 15) is 5.11 Å². The third kappa shape index (κ3) is 4.55. The highest BCUT2D eigenvalue weighted by atomic mass is 16.3. The summed E-state index contributed by atoms with van der Waals surface area (Å²) in [7, 11) is 0. The van der Waals surface area contributed by atoms with Crippen LogP contribution in [0.3, 0.4) is 0 Å². The van der Waals surface area contributed by atoms with Crippen molar-refractivity contribution in [3.05, 3.63) is 12.7 Å². The van der Waals surface area contributed by atoms with Gasteiger partial charge in [0.2, 0.25) is 0 Å². The topological polar surface area (TPSA) is 20.2 Å². The third-order valence-corrected chi connectivity index (χ3v) is 2.50. The van der Waals surface area contributed by atoms with Gasteiger partial charge in [-0.05, 0) is 25.2 Å². The van der Waals surface area contributed by atoms with E-state index >= 15 is 0 Å². The molecule has 0 amide bonds. The van der Waals surface area contributed by atoms with Gasteiger partial charge in [0, 0.05) is 0 Å². The Labute approximate surface area is 76.5 Å². The zero-order valence-electron chi connectivity index (χ0n) is 8.42. The number of hydrogen-bond acceptors (Lipinski definition) is 1. The van der Waals surface area contributed by atoms with Gasteiger partial charge in [-0.1, -0.05) is 32.8 Å². The molecule has 1 unspecified atom stereocenters. The molecule has 0 fully saturated rings. The fourth-order valence-electron chi connectivity index (χ4n) is 1.54. The number of aliphatic hydroxyl groups excluding tert-OH is 1. The van der Waals surface area contributed by atoms with Crippen molar-refractivity contribution < 1.29 is 5.11 Å². The summed E-state index contributed by atoms with van der Waals surface area (Å²) in [5.74, 6) is 0.495. The molecule has 72 valence electrons. The maximum atomic E-state index is 9.70. The van der Waals surface area contributed by atoms with Gasteiger partial charge in [0.1, 0.15) is 0 Å². The van der Waals surface area contributed by atoms with E-state index in [0.717, 1.165) is 32.1 Å². The number of allylic oxidation sites excluding steroid dienone is 1. The van der Waals surface area contributed by atoms with E-state index in [1.807, 2.05) is 6.08 Å². The molecule has 0 radical (unpaired) electrons. The van der Waals surface area contributed by atoms with Crippen molar-refractivity contribution in [3.8, 4) is 0 Å². The van der Waals surface area contributed by atoms with Crippen LogP contribution in [0.2, 0.25) is 0 Å². The summed E-state index contributed by atoms with van der Waals surface area (Å²) in [6.07, 6.45) is 7.02. The molecule has 0 bridgehead atoms. The summed E-state index contributed by atoms with van der Waals surface area (Å²) in [5.41, 5.74) is 0. The molecule has 0 aromatic heterocycles. The number of aliphatic hydroxyl groups is 1. The molecule has 0 rings (SSSR count). The van der Waals surface area contributed by atoms with Crippen molar-refractivity contribution >= 4 is 0 Å². The Balaban J connectivity index is 3.53. The molecule has 0 saturated carbocycles. The van der Waals surface area contributed by atoms with Crippen LogP contribution in [0.1, 0.15) is 46.0 Å². The van der Waals surface area contributed by atoms with E-state index in [1.165, 1.54) is 0 Å². The minimum Gasteiger partial charge on any atom is -0.393 e. The van der Waals surface area contributed by atoms with Crippen molar-refractivity contribution in [2.45, 2.75) is 52.1 Å². The summed E-state index contributed by atoms with van der Waals surface area (Å²) in [4.78, 5) is 0. The highest BCUT2D eigenvalue weighted by Crippen LogP contribution is 2.17. The Morgan fingerprint density at radius 1 is 1.33 bits per heavy atom. The van der Waals surface area contributed by atoms with Gasteiger partial charge in [-0.3, -0.25) is 0 Å². The van der Waals surface area contributed by atoms with Crippen LogP contribution in [0.15, 0.2) is 12.7 Å². The predicted octanol–water partition coefficient (Wildman–Crippen LogP) is 3.14. The smallest absolute Gasteiger partial charge is 0.0568 e. The first-order valence-electron chi connectivity index (χ1n) is 5.05. The Morgan fingerprint density at radius 3 is 2.33 bits per heavy atom. The maximum absolute atomic E-state index is 9.70. The van der Waals surface area contributed by atoms with Crippen LogP contribution in [0, 0.1) is 5.92 Å². The van der Waals surface area contributed by atoms with Crippen molar-refractivity contribution in [2.75, 3.05) is 0 Å². The third-order valence-electron chi connectivity index (χ3n) is 2.50. The van der Waals surface area contributed by atoms with Gasteiger partial charge in [0.15, 0.2) is 0 Å².